The van der Waals surface area contributed by atoms with E-state index in [1.165, 1.54) is 32.5 Å². The molecule has 1 heterocycles. The van der Waals surface area contributed by atoms with E-state index in [-0.39, 0.29) is 0 Å². The minimum Gasteiger partial charge on any atom is -0.316 e. The van der Waals surface area contributed by atoms with Gasteiger partial charge in [-0.15, -0.1) is 0 Å². The number of likely N-dealkylation sites (N-methyl/N-ethyl adjacent to an activating group) is 3. The maximum Gasteiger partial charge on any atom is 0.0223 e. The van der Waals surface area contributed by atoms with Crippen LogP contribution in [0.3, 0.4) is 0 Å². The van der Waals surface area contributed by atoms with E-state index in [0.717, 1.165) is 12.6 Å². The molecule has 2 unspecified atom stereocenters. The first kappa shape index (κ1) is 12.9. The van der Waals surface area contributed by atoms with Gasteiger partial charge in [0.25, 0.3) is 0 Å². The van der Waals surface area contributed by atoms with Crippen LogP contribution in [0.1, 0.15) is 26.7 Å². The molecular weight excluding hydrogens is 186 g/mol. The highest BCUT2D eigenvalue weighted by Crippen LogP contribution is 2.17. The summed E-state index contributed by atoms with van der Waals surface area (Å²) in [5.74, 6) is 0. The molecular formula is C12H27N3. The van der Waals surface area contributed by atoms with Crippen molar-refractivity contribution in [2.75, 3.05) is 40.3 Å². The zero-order valence-electron chi connectivity index (χ0n) is 10.8. The molecule has 1 aliphatic rings. The summed E-state index contributed by atoms with van der Waals surface area (Å²) in [7, 11) is 4.27. The predicted molar refractivity (Wildman–Crippen MR) is 66.3 cm³/mol. The molecule has 1 aliphatic heterocycles. The molecule has 90 valence electrons. The summed E-state index contributed by atoms with van der Waals surface area (Å²) in [5.41, 5.74) is 0. The number of hydrogen-bond donors (Lipinski definition) is 1. The Morgan fingerprint density at radius 2 is 2.27 bits per heavy atom. The minimum absolute atomic E-state index is 0.589. The number of rotatable bonds is 6. The van der Waals surface area contributed by atoms with Crippen molar-refractivity contribution < 1.29 is 0 Å². The number of nitrogens with one attached hydrogen (secondary N) is 1. The highest BCUT2D eigenvalue weighted by molar-refractivity contribution is 4.81. The van der Waals surface area contributed by atoms with Gasteiger partial charge in [-0.2, -0.15) is 0 Å². The summed E-state index contributed by atoms with van der Waals surface area (Å²) in [6.07, 6.45) is 2.76. The Morgan fingerprint density at radius 1 is 1.53 bits per heavy atom. The fraction of sp³-hybridized carbons (Fsp3) is 1.00. The van der Waals surface area contributed by atoms with Crippen LogP contribution in [0.25, 0.3) is 0 Å². The van der Waals surface area contributed by atoms with E-state index in [1.807, 2.05) is 7.05 Å². The molecule has 1 saturated heterocycles. The molecule has 0 bridgehead atoms. The fourth-order valence-corrected chi connectivity index (χ4v) is 2.51. The monoisotopic (exact) mass is 213 g/mol. The van der Waals surface area contributed by atoms with Crippen molar-refractivity contribution in [3.05, 3.63) is 0 Å². The number of likely N-dealkylation sites (tertiary alicyclic amines) is 1. The average Bonchev–Trinajstić information content (AvgIpc) is 2.64. The van der Waals surface area contributed by atoms with Gasteiger partial charge in [-0.3, -0.25) is 4.90 Å². The van der Waals surface area contributed by atoms with Gasteiger partial charge in [0, 0.05) is 25.2 Å². The van der Waals surface area contributed by atoms with Gasteiger partial charge in [-0.1, -0.05) is 6.92 Å². The van der Waals surface area contributed by atoms with Crippen LogP contribution in [-0.4, -0.2) is 62.2 Å². The van der Waals surface area contributed by atoms with Gasteiger partial charge in [0.1, 0.15) is 0 Å². The molecule has 15 heavy (non-hydrogen) atoms. The molecule has 1 fully saturated rings. The SMILES string of the molecule is CCN1CCCC1CN(C)CC(C)NC. The fourth-order valence-electron chi connectivity index (χ4n) is 2.51. The summed E-state index contributed by atoms with van der Waals surface area (Å²) in [4.78, 5) is 5.07. The van der Waals surface area contributed by atoms with Gasteiger partial charge in [0.15, 0.2) is 0 Å². The second-order valence-corrected chi connectivity index (χ2v) is 4.84. The van der Waals surface area contributed by atoms with Gasteiger partial charge in [-0.25, -0.2) is 0 Å². The van der Waals surface area contributed by atoms with E-state index in [2.05, 4.69) is 36.0 Å². The zero-order chi connectivity index (χ0) is 11.3. The summed E-state index contributed by atoms with van der Waals surface area (Å²) in [5, 5.41) is 3.29. The lowest BCUT2D eigenvalue weighted by Crippen LogP contribution is -2.43. The average molecular weight is 213 g/mol. The smallest absolute Gasteiger partial charge is 0.0223 e. The first-order valence-electron chi connectivity index (χ1n) is 6.27. The van der Waals surface area contributed by atoms with E-state index in [4.69, 9.17) is 0 Å². The van der Waals surface area contributed by atoms with Crippen molar-refractivity contribution in [3.63, 3.8) is 0 Å². The van der Waals surface area contributed by atoms with Crippen molar-refractivity contribution in [1.82, 2.24) is 15.1 Å². The number of hydrogen-bond acceptors (Lipinski definition) is 3. The Morgan fingerprint density at radius 3 is 2.87 bits per heavy atom. The lowest BCUT2D eigenvalue weighted by Gasteiger charge is -2.29. The Bertz CT molecular complexity index is 172. The quantitative estimate of drug-likeness (QED) is 0.710. The van der Waals surface area contributed by atoms with Crippen molar-refractivity contribution in [1.29, 1.82) is 0 Å². The summed E-state index contributed by atoms with van der Waals surface area (Å²) in [6, 6.07) is 1.38. The topological polar surface area (TPSA) is 18.5 Å². The van der Waals surface area contributed by atoms with E-state index in [0.29, 0.717) is 6.04 Å². The van der Waals surface area contributed by atoms with Crippen LogP contribution in [0.5, 0.6) is 0 Å². The molecule has 3 nitrogen and oxygen atoms in total. The Kier molecular flexibility index (Phi) is 5.58. The third-order valence-electron chi connectivity index (χ3n) is 3.51. The lowest BCUT2D eigenvalue weighted by molar-refractivity contribution is 0.191. The third-order valence-corrected chi connectivity index (χ3v) is 3.51. The second-order valence-electron chi connectivity index (χ2n) is 4.84. The van der Waals surface area contributed by atoms with Crippen LogP contribution >= 0.6 is 0 Å². The first-order chi connectivity index (χ1) is 7.17. The highest BCUT2D eigenvalue weighted by atomic mass is 15.2. The Labute approximate surface area is 94.8 Å². The van der Waals surface area contributed by atoms with Gasteiger partial charge >= 0.3 is 0 Å². The van der Waals surface area contributed by atoms with Crippen LogP contribution in [0, 0.1) is 0 Å². The molecule has 0 radical (unpaired) electrons. The predicted octanol–water partition coefficient (Wildman–Crippen LogP) is 1.01. The molecule has 0 spiro atoms. The Balaban J connectivity index is 2.27. The molecule has 0 amide bonds. The molecule has 0 aromatic carbocycles. The second kappa shape index (κ2) is 6.46. The highest BCUT2D eigenvalue weighted by Gasteiger charge is 2.24. The molecule has 1 rings (SSSR count). The number of nitrogens with zero attached hydrogens (tertiary/aromatic N) is 2. The summed E-state index contributed by atoms with van der Waals surface area (Å²) < 4.78 is 0. The molecule has 0 aromatic rings. The lowest BCUT2D eigenvalue weighted by atomic mass is 10.2. The Hall–Kier alpha value is -0.120. The molecule has 0 aromatic heterocycles. The van der Waals surface area contributed by atoms with E-state index in [1.54, 1.807) is 0 Å². The van der Waals surface area contributed by atoms with Crippen LogP contribution in [0.15, 0.2) is 0 Å². The third kappa shape index (κ3) is 4.09. The molecule has 1 N–H and O–H groups in total. The van der Waals surface area contributed by atoms with E-state index in [9.17, 15) is 0 Å². The van der Waals surface area contributed by atoms with Crippen LogP contribution in [0.2, 0.25) is 0 Å². The minimum atomic E-state index is 0.589. The van der Waals surface area contributed by atoms with Crippen molar-refractivity contribution >= 4 is 0 Å². The van der Waals surface area contributed by atoms with Crippen molar-refractivity contribution in [2.45, 2.75) is 38.8 Å². The summed E-state index contributed by atoms with van der Waals surface area (Å²) >= 11 is 0. The standard InChI is InChI=1S/C12H27N3/c1-5-15-8-6-7-12(15)10-14(4)9-11(2)13-3/h11-13H,5-10H2,1-4H3. The van der Waals surface area contributed by atoms with Gasteiger partial charge in [0.2, 0.25) is 0 Å². The molecule has 3 heteroatoms. The zero-order valence-corrected chi connectivity index (χ0v) is 10.8. The van der Waals surface area contributed by atoms with Gasteiger partial charge in [-0.05, 0) is 47.0 Å². The maximum atomic E-state index is 3.29. The summed E-state index contributed by atoms with van der Waals surface area (Å²) in [6.45, 7) is 9.39. The van der Waals surface area contributed by atoms with Crippen LogP contribution < -0.4 is 5.32 Å². The van der Waals surface area contributed by atoms with Crippen LogP contribution in [-0.2, 0) is 0 Å². The van der Waals surface area contributed by atoms with Crippen molar-refractivity contribution in [2.24, 2.45) is 0 Å². The first-order valence-corrected chi connectivity index (χ1v) is 6.27. The van der Waals surface area contributed by atoms with Gasteiger partial charge < -0.3 is 10.2 Å². The van der Waals surface area contributed by atoms with E-state index >= 15 is 0 Å². The molecule has 0 saturated carbocycles. The normalized spacial score (nSPS) is 25.0. The maximum absolute atomic E-state index is 3.29. The largest absolute Gasteiger partial charge is 0.316 e. The molecule has 0 aliphatic carbocycles. The van der Waals surface area contributed by atoms with E-state index < -0.39 is 0 Å². The van der Waals surface area contributed by atoms with Gasteiger partial charge in [0.05, 0.1) is 0 Å². The van der Waals surface area contributed by atoms with Crippen LogP contribution in [0.4, 0.5) is 0 Å². The molecule has 2 atom stereocenters. The van der Waals surface area contributed by atoms with Crippen molar-refractivity contribution in [3.8, 4) is 0 Å².